The lowest BCUT2D eigenvalue weighted by Crippen LogP contribution is -2.53. The van der Waals surface area contributed by atoms with E-state index in [0.717, 1.165) is 16.4 Å². The van der Waals surface area contributed by atoms with Crippen molar-refractivity contribution in [3.05, 3.63) is 78.1 Å². The molecule has 12 heteroatoms. The molecule has 0 saturated heterocycles. The summed E-state index contributed by atoms with van der Waals surface area (Å²) >= 11 is 0. The van der Waals surface area contributed by atoms with Crippen molar-refractivity contribution in [1.82, 2.24) is 10.2 Å². The average Bonchev–Trinajstić information content (AvgIpc) is 2.99. The Morgan fingerprint density at radius 1 is 0.884 bits per heavy atom. The summed E-state index contributed by atoms with van der Waals surface area (Å²) in [5, 5.41) is 2.85. The van der Waals surface area contributed by atoms with Crippen LogP contribution in [0.15, 0.2) is 71.6 Å². The van der Waals surface area contributed by atoms with Crippen molar-refractivity contribution in [2.24, 2.45) is 0 Å². The Morgan fingerprint density at radius 3 is 2.05 bits per heavy atom. The van der Waals surface area contributed by atoms with Crippen molar-refractivity contribution in [3.63, 3.8) is 0 Å². The third-order valence-electron chi connectivity index (χ3n) is 6.67. The Kier molecular flexibility index (Phi) is 11.4. The van der Waals surface area contributed by atoms with E-state index < -0.39 is 34.3 Å². The van der Waals surface area contributed by atoms with Gasteiger partial charge in [0.15, 0.2) is 11.5 Å². The Labute approximate surface area is 252 Å². The van der Waals surface area contributed by atoms with Gasteiger partial charge in [-0.25, -0.2) is 12.8 Å². The number of carbonyl (C=O) groups excluding carboxylic acids is 2. The molecule has 1 atom stereocenters. The molecule has 3 aromatic carbocycles. The number of amides is 2. The maximum absolute atomic E-state index is 14.1. The van der Waals surface area contributed by atoms with E-state index in [1.165, 1.54) is 56.6 Å². The Hall–Kier alpha value is -4.32. The van der Waals surface area contributed by atoms with E-state index in [2.05, 4.69) is 5.32 Å². The second kappa shape index (κ2) is 14.7. The van der Waals surface area contributed by atoms with Gasteiger partial charge in [-0.2, -0.15) is 0 Å². The van der Waals surface area contributed by atoms with Crippen LogP contribution in [0.25, 0.3) is 0 Å². The van der Waals surface area contributed by atoms with Crippen molar-refractivity contribution in [2.75, 3.05) is 32.2 Å². The lowest BCUT2D eigenvalue weighted by atomic mass is 10.1. The van der Waals surface area contributed by atoms with E-state index in [9.17, 15) is 22.4 Å². The summed E-state index contributed by atoms with van der Waals surface area (Å²) in [6.45, 7) is 4.76. The van der Waals surface area contributed by atoms with E-state index in [0.29, 0.717) is 17.1 Å². The summed E-state index contributed by atoms with van der Waals surface area (Å²) in [5.41, 5.74) is 0.773. The van der Waals surface area contributed by atoms with Gasteiger partial charge in [0.1, 0.15) is 24.2 Å². The number of hydrogen-bond donors (Lipinski definition) is 1. The van der Waals surface area contributed by atoms with Gasteiger partial charge in [0.05, 0.1) is 31.9 Å². The molecule has 0 heterocycles. The van der Waals surface area contributed by atoms with Crippen LogP contribution in [0.5, 0.6) is 17.2 Å². The molecule has 0 aliphatic heterocycles. The zero-order chi connectivity index (χ0) is 31.7. The molecule has 0 aromatic heterocycles. The number of rotatable bonds is 14. The van der Waals surface area contributed by atoms with Crippen LogP contribution in [0.3, 0.4) is 0 Å². The first-order valence-electron chi connectivity index (χ1n) is 13.7. The number of hydrogen-bond acceptors (Lipinski definition) is 7. The van der Waals surface area contributed by atoms with Crippen LogP contribution in [0.2, 0.25) is 0 Å². The fourth-order valence-corrected chi connectivity index (χ4v) is 5.90. The van der Waals surface area contributed by atoms with Gasteiger partial charge in [-0.3, -0.25) is 13.9 Å². The average molecular weight is 616 g/mol. The van der Waals surface area contributed by atoms with E-state index >= 15 is 0 Å². The predicted molar refractivity (Wildman–Crippen MR) is 161 cm³/mol. The lowest BCUT2D eigenvalue weighted by molar-refractivity contribution is -0.140. The van der Waals surface area contributed by atoms with Crippen LogP contribution in [0, 0.1) is 5.82 Å². The summed E-state index contributed by atoms with van der Waals surface area (Å²) in [4.78, 5) is 28.5. The van der Waals surface area contributed by atoms with Crippen molar-refractivity contribution < 1.29 is 36.6 Å². The minimum absolute atomic E-state index is 0.0283. The van der Waals surface area contributed by atoms with Crippen LogP contribution in [0.4, 0.5) is 10.1 Å². The molecular formula is C31H38FN3O7S. The van der Waals surface area contributed by atoms with Gasteiger partial charge >= 0.3 is 0 Å². The molecule has 0 fully saturated rings. The summed E-state index contributed by atoms with van der Waals surface area (Å²) < 4.78 is 58.6. The molecule has 3 rings (SSSR count). The SMILES string of the molecule is CCC(C(=O)NC(C)C)N(Cc1ccc(OC)cc1)C(=O)CN(c1ccc(F)cc1)S(=O)(=O)c1ccc(OC)c(OC)c1. The topological polar surface area (TPSA) is 114 Å². The third kappa shape index (κ3) is 8.16. The lowest BCUT2D eigenvalue weighted by Gasteiger charge is -2.33. The van der Waals surface area contributed by atoms with Gasteiger partial charge in [-0.1, -0.05) is 19.1 Å². The van der Waals surface area contributed by atoms with Gasteiger partial charge in [0, 0.05) is 18.7 Å². The highest BCUT2D eigenvalue weighted by Crippen LogP contribution is 2.32. The second-order valence-electron chi connectivity index (χ2n) is 9.96. The Balaban J connectivity index is 2.09. The standard InChI is InChI=1S/C31H38FN3O7S/c1-7-27(31(37)33-21(2)3)34(19-22-8-14-25(40-4)15-9-22)30(36)20-35(24-12-10-23(32)11-13-24)43(38,39)26-16-17-28(41-5)29(18-26)42-6/h8-18,21,27H,7,19-20H2,1-6H3,(H,33,37). The zero-order valence-corrected chi connectivity index (χ0v) is 26.0. The molecule has 3 aromatic rings. The van der Waals surface area contributed by atoms with Gasteiger partial charge < -0.3 is 24.4 Å². The van der Waals surface area contributed by atoms with Gasteiger partial charge in [-0.05, 0) is 74.4 Å². The van der Waals surface area contributed by atoms with Crippen LogP contribution < -0.4 is 23.8 Å². The van der Waals surface area contributed by atoms with E-state index in [1.54, 1.807) is 31.2 Å². The highest BCUT2D eigenvalue weighted by atomic mass is 32.2. The summed E-state index contributed by atoms with van der Waals surface area (Å²) in [5.74, 6) is -0.457. The van der Waals surface area contributed by atoms with Crippen LogP contribution in [-0.4, -0.2) is 65.1 Å². The maximum Gasteiger partial charge on any atom is 0.264 e. The largest absolute Gasteiger partial charge is 0.497 e. The normalized spacial score (nSPS) is 11.9. The summed E-state index contributed by atoms with van der Waals surface area (Å²) in [6.07, 6.45) is 0.277. The molecule has 232 valence electrons. The molecule has 0 aliphatic rings. The van der Waals surface area contributed by atoms with Crippen molar-refractivity contribution in [2.45, 2.75) is 50.7 Å². The van der Waals surface area contributed by atoms with Crippen LogP contribution in [-0.2, 0) is 26.2 Å². The number of anilines is 1. The number of carbonyl (C=O) groups is 2. The number of nitrogens with one attached hydrogen (secondary N) is 1. The number of methoxy groups -OCH3 is 3. The minimum Gasteiger partial charge on any atom is -0.497 e. The van der Waals surface area contributed by atoms with E-state index in [4.69, 9.17) is 14.2 Å². The highest BCUT2D eigenvalue weighted by molar-refractivity contribution is 7.92. The van der Waals surface area contributed by atoms with E-state index in [1.807, 2.05) is 13.8 Å². The molecule has 10 nitrogen and oxygen atoms in total. The van der Waals surface area contributed by atoms with Gasteiger partial charge in [-0.15, -0.1) is 0 Å². The monoisotopic (exact) mass is 615 g/mol. The van der Waals surface area contributed by atoms with Gasteiger partial charge in [0.2, 0.25) is 11.8 Å². The zero-order valence-electron chi connectivity index (χ0n) is 25.2. The number of ether oxygens (including phenoxy) is 3. The fourth-order valence-electron chi connectivity index (χ4n) is 4.47. The highest BCUT2D eigenvalue weighted by Gasteiger charge is 2.34. The fraction of sp³-hybridized carbons (Fsp3) is 0.355. The van der Waals surface area contributed by atoms with Crippen molar-refractivity contribution in [1.29, 1.82) is 0 Å². The Morgan fingerprint density at radius 2 is 1.51 bits per heavy atom. The number of halogens is 1. The molecule has 2 amide bonds. The maximum atomic E-state index is 14.1. The molecule has 0 bridgehead atoms. The first kappa shape index (κ1) is 33.2. The molecule has 43 heavy (non-hydrogen) atoms. The smallest absolute Gasteiger partial charge is 0.264 e. The quantitative estimate of drug-likeness (QED) is 0.286. The second-order valence-corrected chi connectivity index (χ2v) is 11.8. The molecule has 1 unspecified atom stereocenters. The summed E-state index contributed by atoms with van der Waals surface area (Å²) in [6, 6.07) is 14.8. The Bertz CT molecular complexity index is 1500. The summed E-state index contributed by atoms with van der Waals surface area (Å²) in [7, 11) is -0.0594. The minimum atomic E-state index is -4.40. The molecule has 0 saturated carbocycles. The number of nitrogens with zero attached hydrogens (tertiary/aromatic N) is 2. The van der Waals surface area contributed by atoms with Gasteiger partial charge in [0.25, 0.3) is 10.0 Å². The van der Waals surface area contributed by atoms with Crippen molar-refractivity contribution in [3.8, 4) is 17.2 Å². The van der Waals surface area contributed by atoms with Crippen LogP contribution >= 0.6 is 0 Å². The molecule has 0 aliphatic carbocycles. The first-order valence-corrected chi connectivity index (χ1v) is 15.1. The molecule has 0 radical (unpaired) electrons. The number of sulfonamides is 1. The van der Waals surface area contributed by atoms with Crippen molar-refractivity contribution >= 4 is 27.5 Å². The molecule has 0 spiro atoms. The van der Waals surface area contributed by atoms with Crippen LogP contribution in [0.1, 0.15) is 32.8 Å². The predicted octanol–water partition coefficient (Wildman–Crippen LogP) is 4.38. The first-order chi connectivity index (χ1) is 20.4. The third-order valence-corrected chi connectivity index (χ3v) is 8.44. The van der Waals surface area contributed by atoms with E-state index in [-0.39, 0.29) is 41.2 Å². The molecule has 1 N–H and O–H groups in total. The number of benzene rings is 3. The molecular weight excluding hydrogens is 577 g/mol.